The maximum Gasteiger partial charge on any atom is 0.389 e. The lowest BCUT2D eigenvalue weighted by Crippen LogP contribution is -2.16. The molecule has 31 heavy (non-hydrogen) atoms. The summed E-state index contributed by atoms with van der Waals surface area (Å²) >= 11 is 0. The summed E-state index contributed by atoms with van der Waals surface area (Å²) in [6.07, 6.45) is 0.269. The maximum absolute atomic E-state index is 15.0. The molecule has 0 saturated heterocycles. The molecule has 1 fully saturated rings. The van der Waals surface area contributed by atoms with Gasteiger partial charge in [-0.05, 0) is 78.0 Å². The second-order valence-corrected chi connectivity index (χ2v) is 8.95. The van der Waals surface area contributed by atoms with Gasteiger partial charge in [-0.2, -0.15) is 13.2 Å². The lowest BCUT2D eigenvalue weighted by molar-refractivity contribution is -0.135. The van der Waals surface area contributed by atoms with Crippen LogP contribution >= 0.6 is 0 Å². The van der Waals surface area contributed by atoms with Crippen LogP contribution < -0.4 is 0 Å². The van der Waals surface area contributed by atoms with Gasteiger partial charge in [0.2, 0.25) is 0 Å². The second-order valence-electron chi connectivity index (χ2n) is 8.95. The summed E-state index contributed by atoms with van der Waals surface area (Å²) in [4.78, 5) is 0. The van der Waals surface area contributed by atoms with Crippen molar-refractivity contribution >= 4 is 0 Å². The van der Waals surface area contributed by atoms with Gasteiger partial charge in [0.05, 0.1) is 0 Å². The van der Waals surface area contributed by atoms with E-state index in [1.54, 1.807) is 12.1 Å². The highest BCUT2D eigenvalue weighted by atomic mass is 19.4. The Bertz CT molecular complexity index is 1160. The molecule has 168 valence electrons. The van der Waals surface area contributed by atoms with Crippen LogP contribution in [-0.4, -0.2) is 6.18 Å². The fourth-order valence-electron chi connectivity index (χ4n) is 5.27. The van der Waals surface area contributed by atoms with Crippen molar-refractivity contribution in [3.8, 4) is 0 Å². The van der Waals surface area contributed by atoms with Gasteiger partial charge in [-0.15, -0.1) is 0 Å². The number of hydrogen-bond acceptors (Lipinski definition) is 0. The fourth-order valence-corrected chi connectivity index (χ4v) is 5.27. The average Bonchev–Trinajstić information content (AvgIpc) is 2.70. The van der Waals surface area contributed by atoms with E-state index in [0.717, 1.165) is 38.5 Å². The minimum absolute atomic E-state index is 0.00545. The van der Waals surface area contributed by atoms with Crippen LogP contribution in [0.1, 0.15) is 75.3 Å². The van der Waals surface area contributed by atoms with Crippen LogP contribution in [0.15, 0.2) is 18.2 Å². The van der Waals surface area contributed by atoms with E-state index >= 15 is 0 Å². The molecule has 1 saturated carbocycles. The fraction of sp³-hybridized carbons (Fsp3) is 0.520. The summed E-state index contributed by atoms with van der Waals surface area (Å²) in [7, 11) is 0. The van der Waals surface area contributed by atoms with Crippen molar-refractivity contribution in [2.75, 3.05) is 0 Å². The van der Waals surface area contributed by atoms with E-state index in [1.165, 1.54) is 6.07 Å². The smallest absolute Gasteiger partial charge is 0.206 e. The Labute approximate surface area is 177 Å². The van der Waals surface area contributed by atoms with Crippen LogP contribution in [0.4, 0.5) is 26.3 Å². The molecule has 4 rings (SSSR count). The van der Waals surface area contributed by atoms with Crippen LogP contribution in [-0.2, 0) is 6.42 Å². The Kier molecular flexibility index (Phi) is 6.10. The molecular weight excluding hydrogens is 414 g/mol. The standard InChI is InChI=1S/C25H26F6/c1-2-4-14-6-8-15(9-7-14)18-13-19-17-11-10-16(5-3-12-25(29,30)31)22(26)20(17)21(19)24(28)23(18)27/h10-11,13-15H,2-9,12H2,1H3. The first-order valence-corrected chi connectivity index (χ1v) is 11.1. The summed E-state index contributed by atoms with van der Waals surface area (Å²) in [6, 6.07) is 4.73. The zero-order valence-corrected chi connectivity index (χ0v) is 17.5. The molecular formula is C25H26F6. The predicted molar refractivity (Wildman–Crippen MR) is 107 cm³/mol. The van der Waals surface area contributed by atoms with Crippen molar-refractivity contribution in [3.05, 3.63) is 67.7 Å². The number of benzene rings is 2. The number of fused-ring (bicyclic) bond motifs is 2. The Morgan fingerprint density at radius 2 is 1.55 bits per heavy atom. The lowest BCUT2D eigenvalue weighted by Gasteiger charge is -2.29. The van der Waals surface area contributed by atoms with Crippen molar-refractivity contribution in [2.45, 2.75) is 76.8 Å². The van der Waals surface area contributed by atoms with Crippen molar-refractivity contribution < 1.29 is 26.3 Å². The van der Waals surface area contributed by atoms with Crippen LogP contribution in [0.25, 0.3) is 0 Å². The molecule has 0 aliphatic heterocycles. The van der Waals surface area contributed by atoms with Gasteiger partial charge in [0, 0.05) is 16.9 Å². The zero-order chi connectivity index (χ0) is 22.3. The monoisotopic (exact) mass is 440 g/mol. The molecule has 2 aliphatic carbocycles. The van der Waals surface area contributed by atoms with Crippen molar-refractivity contribution in [1.29, 1.82) is 0 Å². The number of rotatable bonds is 6. The SMILES string of the molecule is CCCC1CCC(c2cc3c(c(F)c2F)=c2c(F)c(CCCC(F)(F)F)ccc2=3)CC1. The number of hydrogen-bond donors (Lipinski definition) is 0. The quantitative estimate of drug-likeness (QED) is 0.341. The first-order chi connectivity index (χ1) is 14.7. The normalized spacial score (nSPS) is 20.2. The summed E-state index contributed by atoms with van der Waals surface area (Å²) in [6.45, 7) is 2.15. The van der Waals surface area contributed by atoms with Crippen molar-refractivity contribution in [2.24, 2.45) is 5.92 Å². The largest absolute Gasteiger partial charge is 0.389 e. The Morgan fingerprint density at radius 1 is 0.871 bits per heavy atom. The predicted octanol–water partition coefficient (Wildman–Crippen LogP) is 7.95. The maximum atomic E-state index is 15.0. The minimum Gasteiger partial charge on any atom is -0.206 e. The van der Waals surface area contributed by atoms with Gasteiger partial charge in [-0.3, -0.25) is 0 Å². The summed E-state index contributed by atoms with van der Waals surface area (Å²) in [5.74, 6) is -2.08. The third-order valence-electron chi connectivity index (χ3n) is 6.89. The average molecular weight is 440 g/mol. The highest BCUT2D eigenvalue weighted by Crippen LogP contribution is 2.39. The van der Waals surface area contributed by atoms with E-state index in [9.17, 15) is 26.3 Å². The molecule has 6 heteroatoms. The molecule has 0 radical (unpaired) electrons. The van der Waals surface area contributed by atoms with Gasteiger partial charge >= 0.3 is 6.18 Å². The molecule has 0 N–H and O–H groups in total. The van der Waals surface area contributed by atoms with E-state index in [2.05, 4.69) is 6.92 Å². The molecule has 0 atom stereocenters. The first kappa shape index (κ1) is 22.2. The van der Waals surface area contributed by atoms with E-state index in [4.69, 9.17) is 0 Å². The third kappa shape index (κ3) is 4.22. The van der Waals surface area contributed by atoms with Crippen LogP contribution in [0.2, 0.25) is 0 Å². The molecule has 0 heterocycles. The van der Waals surface area contributed by atoms with E-state index in [-0.39, 0.29) is 34.8 Å². The molecule has 0 nitrogen and oxygen atoms in total. The minimum atomic E-state index is -4.30. The molecule has 0 amide bonds. The van der Waals surface area contributed by atoms with Crippen LogP contribution in [0, 0.1) is 44.2 Å². The highest BCUT2D eigenvalue weighted by Gasteiger charge is 2.28. The number of halogens is 6. The van der Waals surface area contributed by atoms with Crippen LogP contribution in [0.5, 0.6) is 0 Å². The molecule has 0 unspecified atom stereocenters. The lowest BCUT2D eigenvalue weighted by atomic mass is 9.76. The van der Waals surface area contributed by atoms with Gasteiger partial charge in [-0.25, -0.2) is 13.2 Å². The highest BCUT2D eigenvalue weighted by molar-refractivity contribution is 5.38. The van der Waals surface area contributed by atoms with Crippen molar-refractivity contribution in [3.63, 3.8) is 0 Å². The first-order valence-electron chi connectivity index (χ1n) is 11.1. The van der Waals surface area contributed by atoms with E-state index in [1.807, 2.05) is 0 Å². The van der Waals surface area contributed by atoms with Crippen LogP contribution in [0.3, 0.4) is 0 Å². The molecule has 0 spiro atoms. The van der Waals surface area contributed by atoms with Gasteiger partial charge in [0.25, 0.3) is 0 Å². The Balaban J connectivity index is 1.66. The van der Waals surface area contributed by atoms with E-state index in [0.29, 0.717) is 21.9 Å². The van der Waals surface area contributed by atoms with Crippen molar-refractivity contribution in [1.82, 2.24) is 0 Å². The Morgan fingerprint density at radius 3 is 2.19 bits per heavy atom. The van der Waals surface area contributed by atoms with E-state index < -0.39 is 30.0 Å². The molecule has 2 aromatic carbocycles. The van der Waals surface area contributed by atoms with Gasteiger partial charge in [0.1, 0.15) is 5.82 Å². The summed E-state index contributed by atoms with van der Waals surface area (Å²) in [5.41, 5.74) is 0.471. The summed E-state index contributed by atoms with van der Waals surface area (Å²) in [5, 5.41) is 0.924. The second kappa shape index (κ2) is 8.51. The molecule has 0 bridgehead atoms. The van der Waals surface area contributed by atoms with Gasteiger partial charge in [0.15, 0.2) is 11.6 Å². The number of aryl methyl sites for hydroxylation is 1. The Hall–Kier alpha value is -1.98. The molecule has 2 aliphatic rings. The third-order valence-corrected chi connectivity index (χ3v) is 6.89. The zero-order valence-electron chi connectivity index (χ0n) is 17.5. The topological polar surface area (TPSA) is 0 Å². The van der Waals surface area contributed by atoms with Gasteiger partial charge in [-0.1, -0.05) is 31.9 Å². The molecule has 0 aromatic heterocycles. The number of alkyl halides is 3. The summed E-state index contributed by atoms with van der Waals surface area (Å²) < 4.78 is 82.0. The van der Waals surface area contributed by atoms with Gasteiger partial charge < -0.3 is 0 Å². The molecule has 2 aromatic rings.